The molecule has 2 aliphatic rings. The molecule has 1 spiro atoms. The van der Waals surface area contributed by atoms with Gasteiger partial charge in [0.25, 0.3) is 0 Å². The lowest BCUT2D eigenvalue weighted by atomic mass is 9.92. The van der Waals surface area contributed by atoms with E-state index in [0.29, 0.717) is 6.54 Å². The van der Waals surface area contributed by atoms with E-state index < -0.39 is 0 Å². The zero-order valence-electron chi connectivity index (χ0n) is 11.0. The molecule has 4 nitrogen and oxygen atoms in total. The third-order valence-electron chi connectivity index (χ3n) is 4.55. The van der Waals surface area contributed by atoms with Crippen LogP contribution >= 0.6 is 0 Å². The second-order valence-electron chi connectivity index (χ2n) is 5.72. The molecular formula is C15H20N2O2. The van der Waals surface area contributed by atoms with Gasteiger partial charge in [0.15, 0.2) is 0 Å². The molecule has 1 saturated heterocycles. The predicted molar refractivity (Wildman–Crippen MR) is 72.6 cm³/mol. The van der Waals surface area contributed by atoms with Crippen molar-refractivity contribution in [3.8, 4) is 5.75 Å². The van der Waals surface area contributed by atoms with Gasteiger partial charge in [-0.3, -0.25) is 4.79 Å². The Labute approximate surface area is 113 Å². The number of piperidine rings is 1. The molecule has 3 N–H and O–H groups in total. The number of amides is 1. The van der Waals surface area contributed by atoms with Gasteiger partial charge in [-0.2, -0.15) is 0 Å². The van der Waals surface area contributed by atoms with E-state index in [4.69, 9.17) is 0 Å². The molecule has 1 aliphatic heterocycles. The van der Waals surface area contributed by atoms with Crippen molar-refractivity contribution in [2.75, 3.05) is 13.1 Å². The van der Waals surface area contributed by atoms with Gasteiger partial charge in [-0.15, -0.1) is 0 Å². The van der Waals surface area contributed by atoms with E-state index in [1.807, 2.05) is 12.1 Å². The summed E-state index contributed by atoms with van der Waals surface area (Å²) in [7, 11) is 0. The molecule has 1 atom stereocenters. The van der Waals surface area contributed by atoms with Crippen LogP contribution in [0.5, 0.6) is 5.75 Å². The first-order chi connectivity index (χ1) is 9.21. The third kappa shape index (κ3) is 2.45. The lowest BCUT2D eigenvalue weighted by Gasteiger charge is -2.23. The van der Waals surface area contributed by atoms with Gasteiger partial charge in [-0.25, -0.2) is 0 Å². The van der Waals surface area contributed by atoms with Crippen LogP contribution in [0, 0.1) is 11.3 Å². The van der Waals surface area contributed by atoms with Gasteiger partial charge in [0.1, 0.15) is 5.75 Å². The summed E-state index contributed by atoms with van der Waals surface area (Å²) in [5.74, 6) is 0.570. The average Bonchev–Trinajstić information content (AvgIpc) is 3.12. The number of phenolic OH excluding ortho intramolecular Hbond substituents is 1. The number of aromatic hydroxyl groups is 1. The number of carbonyl (C=O) groups is 1. The monoisotopic (exact) mass is 260 g/mol. The van der Waals surface area contributed by atoms with E-state index in [0.717, 1.165) is 37.9 Å². The van der Waals surface area contributed by atoms with E-state index in [2.05, 4.69) is 10.6 Å². The third-order valence-corrected chi connectivity index (χ3v) is 4.55. The lowest BCUT2D eigenvalue weighted by molar-refractivity contribution is -0.123. The number of phenols is 1. The standard InChI is InChI=1S/C15H20N2O2/c18-13-4-2-1-3-11(13)10-17-14(19)12-9-15(12)5-7-16-8-6-15/h1-4,12,16,18H,5-10H2,(H,17,19). The zero-order chi connectivity index (χ0) is 13.3. The minimum Gasteiger partial charge on any atom is -0.508 e. The summed E-state index contributed by atoms with van der Waals surface area (Å²) < 4.78 is 0. The summed E-state index contributed by atoms with van der Waals surface area (Å²) in [6, 6.07) is 7.13. The molecule has 4 heteroatoms. The Kier molecular flexibility index (Phi) is 3.19. The van der Waals surface area contributed by atoms with Crippen LogP contribution in [0.2, 0.25) is 0 Å². The normalized spacial score (nSPS) is 24.1. The maximum Gasteiger partial charge on any atom is 0.223 e. The average molecular weight is 260 g/mol. The summed E-state index contributed by atoms with van der Waals surface area (Å²) >= 11 is 0. The Balaban J connectivity index is 1.54. The van der Waals surface area contributed by atoms with E-state index in [1.165, 1.54) is 0 Å². The molecule has 3 rings (SSSR count). The number of nitrogens with one attached hydrogen (secondary N) is 2. The van der Waals surface area contributed by atoms with Crippen molar-refractivity contribution in [2.24, 2.45) is 11.3 Å². The molecule has 1 unspecified atom stereocenters. The smallest absolute Gasteiger partial charge is 0.223 e. The second-order valence-corrected chi connectivity index (χ2v) is 5.72. The van der Waals surface area contributed by atoms with Crippen LogP contribution in [-0.2, 0) is 11.3 Å². The fourth-order valence-corrected chi connectivity index (χ4v) is 3.16. The van der Waals surface area contributed by atoms with Crippen LogP contribution in [0.15, 0.2) is 24.3 Å². The summed E-state index contributed by atoms with van der Waals surface area (Å²) in [6.45, 7) is 2.48. The van der Waals surface area contributed by atoms with Crippen molar-refractivity contribution in [1.29, 1.82) is 0 Å². The summed E-state index contributed by atoms with van der Waals surface area (Å²) in [5, 5.41) is 16.0. The van der Waals surface area contributed by atoms with Crippen LogP contribution in [0.4, 0.5) is 0 Å². The maximum atomic E-state index is 12.2. The molecule has 0 bridgehead atoms. The van der Waals surface area contributed by atoms with Gasteiger partial charge in [-0.1, -0.05) is 18.2 Å². The Morgan fingerprint density at radius 3 is 2.84 bits per heavy atom. The summed E-state index contributed by atoms with van der Waals surface area (Å²) in [5.41, 5.74) is 1.05. The first-order valence-electron chi connectivity index (χ1n) is 6.97. The molecule has 2 fully saturated rings. The predicted octanol–water partition coefficient (Wildman–Crippen LogP) is 1.40. The van der Waals surface area contributed by atoms with Crippen LogP contribution in [0.1, 0.15) is 24.8 Å². The van der Waals surface area contributed by atoms with Crippen LogP contribution in [0.3, 0.4) is 0 Å². The summed E-state index contributed by atoms with van der Waals surface area (Å²) in [6.07, 6.45) is 3.25. The fourth-order valence-electron chi connectivity index (χ4n) is 3.16. The quantitative estimate of drug-likeness (QED) is 0.770. The lowest BCUT2D eigenvalue weighted by Crippen LogP contribution is -2.33. The molecule has 0 aromatic heterocycles. The second kappa shape index (κ2) is 4.85. The Morgan fingerprint density at radius 2 is 2.11 bits per heavy atom. The highest BCUT2D eigenvalue weighted by Gasteiger charge is 2.57. The number of rotatable bonds is 3. The SMILES string of the molecule is O=C(NCc1ccccc1O)C1CC12CCNCC2. The highest BCUT2D eigenvalue weighted by molar-refractivity contribution is 5.82. The molecule has 1 aromatic rings. The highest BCUT2D eigenvalue weighted by Crippen LogP contribution is 2.58. The molecule has 19 heavy (non-hydrogen) atoms. The zero-order valence-corrected chi connectivity index (χ0v) is 11.0. The van der Waals surface area contributed by atoms with Gasteiger partial charge < -0.3 is 15.7 Å². The number of hydrogen-bond acceptors (Lipinski definition) is 3. The molecule has 1 heterocycles. The molecule has 102 valence electrons. The molecule has 1 amide bonds. The van der Waals surface area contributed by atoms with Crippen molar-refractivity contribution >= 4 is 5.91 Å². The van der Waals surface area contributed by atoms with Crippen molar-refractivity contribution in [2.45, 2.75) is 25.8 Å². The maximum absolute atomic E-state index is 12.2. The minimum absolute atomic E-state index is 0.144. The highest BCUT2D eigenvalue weighted by atomic mass is 16.3. The number of para-hydroxylation sites is 1. The van der Waals surface area contributed by atoms with Crippen molar-refractivity contribution in [3.63, 3.8) is 0 Å². The van der Waals surface area contributed by atoms with E-state index in [9.17, 15) is 9.90 Å². The molecule has 1 aromatic carbocycles. The molecular weight excluding hydrogens is 240 g/mol. The Bertz CT molecular complexity index is 481. The largest absolute Gasteiger partial charge is 0.508 e. The van der Waals surface area contributed by atoms with E-state index in [1.54, 1.807) is 12.1 Å². The number of hydrogen-bond donors (Lipinski definition) is 3. The fraction of sp³-hybridized carbons (Fsp3) is 0.533. The van der Waals surface area contributed by atoms with Crippen molar-refractivity contribution in [3.05, 3.63) is 29.8 Å². The van der Waals surface area contributed by atoms with Gasteiger partial charge >= 0.3 is 0 Å². The van der Waals surface area contributed by atoms with Crippen LogP contribution < -0.4 is 10.6 Å². The van der Waals surface area contributed by atoms with Crippen LogP contribution in [-0.4, -0.2) is 24.1 Å². The van der Waals surface area contributed by atoms with Crippen LogP contribution in [0.25, 0.3) is 0 Å². The van der Waals surface area contributed by atoms with Gasteiger partial charge in [0.05, 0.1) is 0 Å². The number of carbonyl (C=O) groups excluding carboxylic acids is 1. The van der Waals surface area contributed by atoms with Crippen molar-refractivity contribution in [1.82, 2.24) is 10.6 Å². The Hall–Kier alpha value is -1.55. The van der Waals surface area contributed by atoms with E-state index in [-0.39, 0.29) is 23.0 Å². The minimum atomic E-state index is 0.144. The first-order valence-corrected chi connectivity index (χ1v) is 6.97. The summed E-state index contributed by atoms with van der Waals surface area (Å²) in [4.78, 5) is 12.2. The molecule has 1 saturated carbocycles. The first kappa shape index (κ1) is 12.5. The van der Waals surface area contributed by atoms with Gasteiger partial charge in [0, 0.05) is 18.0 Å². The van der Waals surface area contributed by atoms with E-state index >= 15 is 0 Å². The van der Waals surface area contributed by atoms with Crippen molar-refractivity contribution < 1.29 is 9.90 Å². The van der Waals surface area contributed by atoms with Gasteiger partial charge in [0.2, 0.25) is 5.91 Å². The topological polar surface area (TPSA) is 61.4 Å². The van der Waals surface area contributed by atoms with Gasteiger partial charge in [-0.05, 0) is 43.8 Å². The Morgan fingerprint density at radius 1 is 1.37 bits per heavy atom. The number of benzene rings is 1. The molecule has 0 radical (unpaired) electrons. The molecule has 1 aliphatic carbocycles.